The van der Waals surface area contributed by atoms with Crippen LogP contribution in [0.5, 0.6) is 5.75 Å². The molecule has 0 spiro atoms. The van der Waals surface area contributed by atoms with E-state index in [1.807, 2.05) is 42.5 Å². The van der Waals surface area contributed by atoms with E-state index < -0.39 is 6.17 Å². The second-order valence-electron chi connectivity index (χ2n) is 7.72. The molecule has 2 aliphatic heterocycles. The number of fused-ring (bicyclic) bond motifs is 3. The van der Waals surface area contributed by atoms with Crippen molar-refractivity contribution in [3.05, 3.63) is 89.5 Å². The summed E-state index contributed by atoms with van der Waals surface area (Å²) in [4.78, 5) is 18.4. The van der Waals surface area contributed by atoms with Crippen LogP contribution >= 0.6 is 11.8 Å². The third-order valence-corrected chi connectivity index (χ3v) is 6.36. The van der Waals surface area contributed by atoms with Gasteiger partial charge in [-0.3, -0.25) is 15.1 Å². The number of thioether (sulfide) groups is 1. The number of amides is 1. The zero-order chi connectivity index (χ0) is 22.8. The molecule has 1 unspecified atom stereocenters. The predicted molar refractivity (Wildman–Crippen MR) is 133 cm³/mol. The van der Waals surface area contributed by atoms with E-state index in [-0.39, 0.29) is 5.91 Å². The second-order valence-corrected chi connectivity index (χ2v) is 8.73. The van der Waals surface area contributed by atoms with Crippen LogP contribution in [0.1, 0.15) is 25.1 Å². The smallest absolute Gasteiger partial charge is 0.276 e. The summed E-state index contributed by atoms with van der Waals surface area (Å²) in [6.45, 7) is 6.44. The summed E-state index contributed by atoms with van der Waals surface area (Å²) >= 11 is 1.43. The molecule has 1 amide bonds. The number of hydrogen-bond acceptors (Lipinski definition) is 6. The van der Waals surface area contributed by atoms with Gasteiger partial charge in [-0.15, -0.1) is 11.7 Å². The molecule has 0 aromatic heterocycles. The highest BCUT2D eigenvalue weighted by atomic mass is 32.2. The van der Waals surface area contributed by atoms with Crippen molar-refractivity contribution in [1.82, 2.24) is 10.3 Å². The molecule has 3 aromatic rings. The highest BCUT2D eigenvalue weighted by Crippen LogP contribution is 2.40. The first-order chi connectivity index (χ1) is 16.2. The first kappa shape index (κ1) is 21.3. The van der Waals surface area contributed by atoms with Gasteiger partial charge in [-0.25, -0.2) is 5.01 Å². The van der Waals surface area contributed by atoms with E-state index in [4.69, 9.17) is 14.8 Å². The lowest BCUT2D eigenvalue weighted by Gasteiger charge is -2.35. The Balaban J connectivity index is 1.78. The molecule has 5 rings (SSSR count). The minimum Gasteiger partial charge on any atom is -0.493 e. The van der Waals surface area contributed by atoms with E-state index in [1.54, 1.807) is 11.1 Å². The molecule has 0 bridgehead atoms. The van der Waals surface area contributed by atoms with Gasteiger partial charge in [0.1, 0.15) is 11.4 Å². The van der Waals surface area contributed by atoms with Crippen molar-refractivity contribution in [1.29, 1.82) is 0 Å². The van der Waals surface area contributed by atoms with Gasteiger partial charge >= 0.3 is 0 Å². The third-order valence-electron chi connectivity index (χ3n) is 5.50. The van der Waals surface area contributed by atoms with Crippen LogP contribution in [0.2, 0.25) is 0 Å². The SMILES string of the molecule is C=CCSC1=NN2C(=c3ccccc3=NC2c2c(OCCC)ccc3ccccc23)C(=O)N1. The molecule has 0 radical (unpaired) electrons. The lowest BCUT2D eigenvalue weighted by Crippen LogP contribution is -2.50. The van der Waals surface area contributed by atoms with Crippen molar-refractivity contribution < 1.29 is 9.53 Å². The summed E-state index contributed by atoms with van der Waals surface area (Å²) in [6, 6.07) is 19.9. The van der Waals surface area contributed by atoms with E-state index in [2.05, 4.69) is 37.0 Å². The number of ether oxygens (including phenoxy) is 1. The first-order valence-corrected chi connectivity index (χ1v) is 11.9. The number of benzene rings is 3. The number of carbonyl (C=O) groups excluding carboxylic acids is 1. The fraction of sp³-hybridized carbons (Fsp3) is 0.192. The van der Waals surface area contributed by atoms with E-state index in [1.165, 1.54) is 11.8 Å². The Kier molecular flexibility index (Phi) is 5.88. The number of rotatable bonds is 6. The highest BCUT2D eigenvalue weighted by Gasteiger charge is 2.36. The Morgan fingerprint density at radius 3 is 2.82 bits per heavy atom. The summed E-state index contributed by atoms with van der Waals surface area (Å²) in [5.74, 6) is 1.20. The average Bonchev–Trinajstić information content (AvgIpc) is 2.85. The molecule has 1 atom stereocenters. The molecule has 0 aliphatic carbocycles. The van der Waals surface area contributed by atoms with E-state index in [9.17, 15) is 4.79 Å². The molecule has 166 valence electrons. The molecule has 0 fully saturated rings. The lowest BCUT2D eigenvalue weighted by atomic mass is 9.99. The fourth-order valence-corrected chi connectivity index (χ4v) is 4.68. The topological polar surface area (TPSA) is 66.3 Å². The highest BCUT2D eigenvalue weighted by molar-refractivity contribution is 8.14. The van der Waals surface area contributed by atoms with Crippen molar-refractivity contribution in [2.24, 2.45) is 10.1 Å². The third kappa shape index (κ3) is 3.89. The molecule has 3 aromatic carbocycles. The van der Waals surface area contributed by atoms with E-state index >= 15 is 0 Å². The standard InChI is InChI=1S/C26H24N4O2S/c1-3-15-32-21-14-13-17-9-5-6-10-18(17)22(21)24-27-20-12-8-7-11-19(20)23-25(31)28-26(29-30(23)24)33-16-4-2/h4-14,24H,2-3,15-16H2,1H3,(H,28,29,31). The number of para-hydroxylation sites is 1. The first-order valence-electron chi connectivity index (χ1n) is 11.0. The van der Waals surface area contributed by atoms with Gasteiger partial charge in [0, 0.05) is 16.5 Å². The number of nitrogens with one attached hydrogen (secondary N) is 1. The van der Waals surface area contributed by atoms with Gasteiger partial charge in [0.05, 0.1) is 12.0 Å². The maximum Gasteiger partial charge on any atom is 0.276 e. The largest absolute Gasteiger partial charge is 0.493 e. The van der Waals surface area contributed by atoms with Crippen LogP contribution in [0, 0.1) is 0 Å². The van der Waals surface area contributed by atoms with Gasteiger partial charge < -0.3 is 4.74 Å². The maximum absolute atomic E-state index is 13.3. The Hall–Kier alpha value is -3.58. The second kappa shape index (κ2) is 9.11. The van der Waals surface area contributed by atoms with Crippen LogP contribution in [-0.4, -0.2) is 28.4 Å². The van der Waals surface area contributed by atoms with Crippen LogP contribution in [0.15, 0.2) is 83.4 Å². The summed E-state index contributed by atoms with van der Waals surface area (Å²) in [6.07, 6.45) is 2.13. The van der Waals surface area contributed by atoms with Crippen LogP contribution < -0.4 is 20.6 Å². The van der Waals surface area contributed by atoms with Crippen molar-refractivity contribution in [3.8, 4) is 5.75 Å². The van der Waals surface area contributed by atoms with Crippen LogP contribution in [0.25, 0.3) is 16.5 Å². The number of hydrogen-bond donors (Lipinski definition) is 1. The van der Waals surface area contributed by atoms with Crippen LogP contribution in [0.4, 0.5) is 0 Å². The monoisotopic (exact) mass is 456 g/mol. The van der Waals surface area contributed by atoms with Crippen molar-refractivity contribution in [2.75, 3.05) is 12.4 Å². The summed E-state index contributed by atoms with van der Waals surface area (Å²) in [5.41, 5.74) is 1.39. The van der Waals surface area contributed by atoms with Crippen LogP contribution in [0.3, 0.4) is 0 Å². The van der Waals surface area contributed by atoms with Gasteiger partial charge in [-0.1, -0.05) is 73.3 Å². The number of amidine groups is 1. The number of carbonyl (C=O) groups is 1. The molecule has 2 heterocycles. The zero-order valence-corrected chi connectivity index (χ0v) is 19.1. The van der Waals surface area contributed by atoms with Gasteiger partial charge in [-0.2, -0.15) is 0 Å². The predicted octanol–water partition coefficient (Wildman–Crippen LogP) is 3.69. The maximum atomic E-state index is 13.3. The summed E-state index contributed by atoms with van der Waals surface area (Å²) in [5, 5.41) is 13.7. The number of nitrogens with zero attached hydrogens (tertiary/aromatic N) is 3. The lowest BCUT2D eigenvalue weighted by molar-refractivity contribution is -0.116. The summed E-state index contributed by atoms with van der Waals surface area (Å²) < 4.78 is 6.17. The molecule has 1 N–H and O–H groups in total. The Bertz CT molecular complexity index is 1400. The molecule has 0 saturated carbocycles. The van der Waals surface area contributed by atoms with Crippen molar-refractivity contribution in [3.63, 3.8) is 0 Å². The van der Waals surface area contributed by atoms with E-state index in [0.29, 0.717) is 23.2 Å². The molecular weight excluding hydrogens is 432 g/mol. The Morgan fingerprint density at radius 2 is 1.97 bits per heavy atom. The molecule has 33 heavy (non-hydrogen) atoms. The normalized spacial score (nSPS) is 16.9. The number of hydrazone groups is 1. The molecule has 2 aliphatic rings. The van der Waals surface area contributed by atoms with Gasteiger partial charge in [0.25, 0.3) is 5.91 Å². The van der Waals surface area contributed by atoms with Crippen LogP contribution in [-0.2, 0) is 4.79 Å². The van der Waals surface area contributed by atoms with E-state index in [0.717, 1.165) is 39.1 Å². The molecular formula is C26H24N4O2S. The van der Waals surface area contributed by atoms with Crippen molar-refractivity contribution in [2.45, 2.75) is 19.5 Å². The van der Waals surface area contributed by atoms with Gasteiger partial charge in [-0.05, 0) is 29.3 Å². The molecule has 6 nitrogen and oxygen atoms in total. The summed E-state index contributed by atoms with van der Waals surface area (Å²) in [7, 11) is 0. The van der Waals surface area contributed by atoms with Gasteiger partial charge in [0.2, 0.25) is 0 Å². The Labute approximate surface area is 196 Å². The van der Waals surface area contributed by atoms with Gasteiger partial charge in [0.15, 0.2) is 11.3 Å². The van der Waals surface area contributed by atoms with Crippen molar-refractivity contribution >= 4 is 39.3 Å². The quantitative estimate of drug-likeness (QED) is 0.575. The minimum atomic E-state index is -0.543. The Morgan fingerprint density at radius 1 is 1.15 bits per heavy atom. The minimum absolute atomic E-state index is 0.194. The zero-order valence-electron chi connectivity index (χ0n) is 18.3. The molecule has 0 saturated heterocycles. The average molecular weight is 457 g/mol. The molecule has 7 heteroatoms. The fourth-order valence-electron chi connectivity index (χ4n) is 4.10.